The third kappa shape index (κ3) is 4.56. The average Bonchev–Trinajstić information content (AvgIpc) is 2.36. The standard InChI is InChI=1S/C15H13BrFNO/c16-13-6-12(7-14(17)9-13)8-15(19)4-3-11-2-1-5-18-10-11/h1-2,5-7,9-10H,3-4,8H2. The predicted octanol–water partition coefficient (Wildman–Crippen LogP) is 3.73. The van der Waals surface area contributed by atoms with Crippen molar-refractivity contribution in [3.8, 4) is 0 Å². The molecule has 0 aliphatic rings. The summed E-state index contributed by atoms with van der Waals surface area (Å²) in [6, 6.07) is 8.34. The summed E-state index contributed by atoms with van der Waals surface area (Å²) in [5.74, 6) is -0.231. The minimum atomic E-state index is -0.329. The fourth-order valence-electron chi connectivity index (χ4n) is 1.86. The first-order chi connectivity index (χ1) is 9.13. The van der Waals surface area contributed by atoms with Crippen LogP contribution >= 0.6 is 15.9 Å². The Bertz CT molecular complexity index is 551. The zero-order valence-electron chi connectivity index (χ0n) is 10.3. The fourth-order valence-corrected chi connectivity index (χ4v) is 2.37. The van der Waals surface area contributed by atoms with E-state index >= 15 is 0 Å². The first-order valence-corrected chi connectivity index (χ1v) is 6.78. The number of halogens is 2. The zero-order chi connectivity index (χ0) is 13.7. The van der Waals surface area contributed by atoms with Gasteiger partial charge in [-0.3, -0.25) is 9.78 Å². The SMILES string of the molecule is O=C(CCc1cccnc1)Cc1cc(F)cc(Br)c1. The molecular weight excluding hydrogens is 309 g/mol. The number of aromatic nitrogens is 1. The number of hydrogen-bond acceptors (Lipinski definition) is 2. The lowest BCUT2D eigenvalue weighted by Crippen LogP contribution is -2.04. The third-order valence-corrected chi connectivity index (χ3v) is 3.20. The summed E-state index contributed by atoms with van der Waals surface area (Å²) >= 11 is 3.22. The van der Waals surface area contributed by atoms with Crippen molar-refractivity contribution in [2.45, 2.75) is 19.3 Å². The molecule has 0 spiro atoms. The topological polar surface area (TPSA) is 30.0 Å². The number of Topliss-reactive ketones (excluding diaryl/α,β-unsaturated/α-hetero) is 1. The van der Waals surface area contributed by atoms with Crippen LogP contribution in [0.25, 0.3) is 0 Å². The van der Waals surface area contributed by atoms with Crippen molar-refractivity contribution in [1.82, 2.24) is 4.98 Å². The Morgan fingerprint density at radius 1 is 1.26 bits per heavy atom. The summed E-state index contributed by atoms with van der Waals surface area (Å²) in [4.78, 5) is 15.9. The van der Waals surface area contributed by atoms with Crippen LogP contribution in [0.1, 0.15) is 17.5 Å². The minimum absolute atomic E-state index is 0.0985. The number of hydrogen-bond donors (Lipinski definition) is 0. The lowest BCUT2D eigenvalue weighted by Gasteiger charge is -2.03. The molecule has 19 heavy (non-hydrogen) atoms. The highest BCUT2D eigenvalue weighted by Gasteiger charge is 2.06. The number of carbonyl (C=O) groups is 1. The van der Waals surface area contributed by atoms with E-state index in [1.807, 2.05) is 12.1 Å². The Morgan fingerprint density at radius 2 is 2.11 bits per heavy atom. The number of pyridine rings is 1. The first kappa shape index (κ1) is 13.9. The highest BCUT2D eigenvalue weighted by molar-refractivity contribution is 9.10. The molecule has 2 aromatic rings. The first-order valence-electron chi connectivity index (χ1n) is 5.99. The van der Waals surface area contributed by atoms with Gasteiger partial charge >= 0.3 is 0 Å². The van der Waals surface area contributed by atoms with Gasteiger partial charge in [0.15, 0.2) is 0 Å². The van der Waals surface area contributed by atoms with Crippen LogP contribution in [-0.4, -0.2) is 10.8 Å². The zero-order valence-corrected chi connectivity index (χ0v) is 11.9. The van der Waals surface area contributed by atoms with E-state index in [4.69, 9.17) is 0 Å². The van der Waals surface area contributed by atoms with Gasteiger partial charge in [0.2, 0.25) is 0 Å². The Labute approximate surface area is 119 Å². The van der Waals surface area contributed by atoms with Gasteiger partial charge in [-0.1, -0.05) is 22.0 Å². The largest absolute Gasteiger partial charge is 0.299 e. The molecule has 0 fully saturated rings. The molecule has 0 radical (unpaired) electrons. The van der Waals surface area contributed by atoms with E-state index in [0.717, 1.165) is 5.56 Å². The summed E-state index contributed by atoms with van der Waals surface area (Å²) in [6.45, 7) is 0. The summed E-state index contributed by atoms with van der Waals surface area (Å²) in [5.41, 5.74) is 1.74. The van der Waals surface area contributed by atoms with Crippen LogP contribution in [0.4, 0.5) is 4.39 Å². The predicted molar refractivity (Wildman–Crippen MR) is 75.4 cm³/mol. The molecule has 2 nitrogen and oxygen atoms in total. The number of aryl methyl sites for hydroxylation is 1. The Kier molecular flexibility index (Phi) is 4.80. The van der Waals surface area contributed by atoms with E-state index in [0.29, 0.717) is 22.9 Å². The van der Waals surface area contributed by atoms with Crippen LogP contribution in [0, 0.1) is 5.82 Å². The van der Waals surface area contributed by atoms with Gasteiger partial charge < -0.3 is 0 Å². The molecule has 0 unspecified atom stereocenters. The van der Waals surface area contributed by atoms with Gasteiger partial charge in [0.25, 0.3) is 0 Å². The van der Waals surface area contributed by atoms with Crippen molar-refractivity contribution >= 4 is 21.7 Å². The van der Waals surface area contributed by atoms with Gasteiger partial charge in [0.1, 0.15) is 11.6 Å². The van der Waals surface area contributed by atoms with Crippen molar-refractivity contribution in [2.75, 3.05) is 0 Å². The summed E-state index contributed by atoms with van der Waals surface area (Å²) < 4.78 is 13.8. The molecule has 1 aromatic heterocycles. The van der Waals surface area contributed by atoms with Crippen LogP contribution in [0.2, 0.25) is 0 Å². The van der Waals surface area contributed by atoms with Crippen LogP contribution in [0.5, 0.6) is 0 Å². The van der Waals surface area contributed by atoms with Gasteiger partial charge in [-0.05, 0) is 41.8 Å². The second-order valence-electron chi connectivity index (χ2n) is 4.35. The number of nitrogens with zero attached hydrogens (tertiary/aromatic N) is 1. The second kappa shape index (κ2) is 6.57. The van der Waals surface area contributed by atoms with Crippen molar-refractivity contribution in [3.63, 3.8) is 0 Å². The Balaban J connectivity index is 1.91. The van der Waals surface area contributed by atoms with Crippen LogP contribution in [-0.2, 0) is 17.6 Å². The maximum Gasteiger partial charge on any atom is 0.137 e. The Morgan fingerprint density at radius 3 is 2.79 bits per heavy atom. The molecule has 1 aromatic carbocycles. The normalized spacial score (nSPS) is 10.4. The molecule has 0 amide bonds. The van der Waals surface area contributed by atoms with Crippen molar-refractivity contribution in [3.05, 3.63) is 64.1 Å². The molecule has 0 atom stereocenters. The molecule has 0 saturated heterocycles. The minimum Gasteiger partial charge on any atom is -0.299 e. The van der Waals surface area contributed by atoms with E-state index < -0.39 is 0 Å². The van der Waals surface area contributed by atoms with Crippen LogP contribution in [0.3, 0.4) is 0 Å². The molecule has 2 rings (SSSR count). The van der Waals surface area contributed by atoms with Crippen molar-refractivity contribution in [1.29, 1.82) is 0 Å². The lowest BCUT2D eigenvalue weighted by molar-refractivity contribution is -0.118. The Hall–Kier alpha value is -1.55. The van der Waals surface area contributed by atoms with E-state index in [2.05, 4.69) is 20.9 Å². The van der Waals surface area contributed by atoms with E-state index in [9.17, 15) is 9.18 Å². The molecular formula is C15H13BrFNO. The summed E-state index contributed by atoms with van der Waals surface area (Å²) in [5, 5.41) is 0. The van der Waals surface area contributed by atoms with E-state index in [1.54, 1.807) is 18.5 Å². The van der Waals surface area contributed by atoms with Crippen LogP contribution < -0.4 is 0 Å². The van der Waals surface area contributed by atoms with Crippen LogP contribution in [0.15, 0.2) is 47.2 Å². The molecule has 1 heterocycles. The van der Waals surface area contributed by atoms with E-state index in [-0.39, 0.29) is 18.0 Å². The van der Waals surface area contributed by atoms with Gasteiger partial charge in [0, 0.05) is 29.7 Å². The highest BCUT2D eigenvalue weighted by atomic mass is 79.9. The van der Waals surface area contributed by atoms with Gasteiger partial charge in [-0.25, -0.2) is 4.39 Å². The van der Waals surface area contributed by atoms with E-state index in [1.165, 1.54) is 12.1 Å². The highest BCUT2D eigenvalue weighted by Crippen LogP contribution is 2.16. The molecule has 0 saturated carbocycles. The average molecular weight is 322 g/mol. The molecule has 0 N–H and O–H groups in total. The van der Waals surface area contributed by atoms with Gasteiger partial charge in [-0.15, -0.1) is 0 Å². The van der Waals surface area contributed by atoms with Crippen molar-refractivity contribution < 1.29 is 9.18 Å². The number of rotatable bonds is 5. The van der Waals surface area contributed by atoms with Gasteiger partial charge in [0.05, 0.1) is 0 Å². The van der Waals surface area contributed by atoms with Gasteiger partial charge in [-0.2, -0.15) is 0 Å². The summed E-state index contributed by atoms with van der Waals surface area (Å²) in [7, 11) is 0. The molecule has 4 heteroatoms. The summed E-state index contributed by atoms with van der Waals surface area (Å²) in [6.07, 6.45) is 4.83. The third-order valence-electron chi connectivity index (χ3n) is 2.74. The number of ketones is 1. The molecule has 0 bridgehead atoms. The van der Waals surface area contributed by atoms with Crippen molar-refractivity contribution in [2.24, 2.45) is 0 Å². The fraction of sp³-hybridized carbons (Fsp3) is 0.200. The monoisotopic (exact) mass is 321 g/mol. The maximum absolute atomic E-state index is 13.2. The molecule has 98 valence electrons. The lowest BCUT2D eigenvalue weighted by atomic mass is 10.0. The second-order valence-corrected chi connectivity index (χ2v) is 5.27. The molecule has 0 aliphatic heterocycles. The molecule has 0 aliphatic carbocycles. The smallest absolute Gasteiger partial charge is 0.137 e. The maximum atomic E-state index is 13.2. The quantitative estimate of drug-likeness (QED) is 0.840. The number of carbonyl (C=O) groups excluding carboxylic acids is 1. The number of benzene rings is 1.